The first-order valence-electron chi connectivity index (χ1n) is 9.36. The Bertz CT molecular complexity index is 756. The smallest absolute Gasteiger partial charge is 0.389 e. The number of nitrogens with one attached hydrogen (secondary N) is 2. The van der Waals surface area contributed by atoms with Crippen molar-refractivity contribution < 1.29 is 23.0 Å². The van der Waals surface area contributed by atoms with Gasteiger partial charge in [-0.15, -0.1) is 24.0 Å². The Morgan fingerprint density at radius 2 is 1.70 bits per heavy atom. The number of rotatable bonds is 9. The summed E-state index contributed by atoms with van der Waals surface area (Å²) in [6, 6.07) is 14.6. The zero-order chi connectivity index (χ0) is 21.1. The fraction of sp³-hybridized carbons (Fsp3) is 0.381. The van der Waals surface area contributed by atoms with E-state index in [1.54, 1.807) is 0 Å². The minimum absolute atomic E-state index is 0. The van der Waals surface area contributed by atoms with E-state index >= 15 is 0 Å². The molecule has 0 aliphatic carbocycles. The summed E-state index contributed by atoms with van der Waals surface area (Å²) in [5, 5.41) is 16.1. The molecule has 0 saturated carbocycles. The zero-order valence-electron chi connectivity index (χ0n) is 16.7. The monoisotopic (exact) mass is 537 g/mol. The number of hydrogen-bond donors (Lipinski definition) is 3. The molecule has 0 aromatic heterocycles. The van der Waals surface area contributed by atoms with Crippen LogP contribution in [0.25, 0.3) is 0 Å². The Labute approximate surface area is 191 Å². The van der Waals surface area contributed by atoms with Crippen LogP contribution in [-0.2, 0) is 24.1 Å². The molecule has 2 aromatic rings. The van der Waals surface area contributed by atoms with E-state index < -0.39 is 17.8 Å². The van der Waals surface area contributed by atoms with Gasteiger partial charge >= 0.3 is 6.18 Å². The molecule has 9 heteroatoms. The van der Waals surface area contributed by atoms with E-state index in [1.165, 1.54) is 12.1 Å². The summed E-state index contributed by atoms with van der Waals surface area (Å²) < 4.78 is 43.3. The maximum Gasteiger partial charge on any atom is 0.416 e. The van der Waals surface area contributed by atoms with Crippen molar-refractivity contribution in [2.45, 2.75) is 32.4 Å². The van der Waals surface area contributed by atoms with Crippen LogP contribution in [0, 0.1) is 0 Å². The van der Waals surface area contributed by atoms with Crippen molar-refractivity contribution in [1.82, 2.24) is 10.6 Å². The van der Waals surface area contributed by atoms with Gasteiger partial charge in [0.15, 0.2) is 5.96 Å². The van der Waals surface area contributed by atoms with Crippen LogP contribution < -0.4 is 10.6 Å². The van der Waals surface area contributed by atoms with Crippen LogP contribution in [0.15, 0.2) is 59.6 Å². The molecule has 0 radical (unpaired) electrons. The molecule has 5 nitrogen and oxygen atoms in total. The molecule has 30 heavy (non-hydrogen) atoms. The van der Waals surface area contributed by atoms with E-state index in [0.717, 1.165) is 17.7 Å². The summed E-state index contributed by atoms with van der Waals surface area (Å²) in [4.78, 5) is 4.34. The van der Waals surface area contributed by atoms with Gasteiger partial charge < -0.3 is 20.5 Å². The largest absolute Gasteiger partial charge is 0.416 e. The third-order valence-electron chi connectivity index (χ3n) is 3.97. The normalized spacial score (nSPS) is 12.8. The molecule has 3 N–H and O–H groups in total. The van der Waals surface area contributed by atoms with Gasteiger partial charge in [0, 0.05) is 13.1 Å². The van der Waals surface area contributed by atoms with Gasteiger partial charge in [0.1, 0.15) is 0 Å². The summed E-state index contributed by atoms with van der Waals surface area (Å²) in [7, 11) is 0. The highest BCUT2D eigenvalue weighted by molar-refractivity contribution is 14.0. The van der Waals surface area contributed by atoms with Gasteiger partial charge in [-0.25, -0.2) is 4.99 Å². The highest BCUT2D eigenvalue weighted by Crippen LogP contribution is 2.29. The van der Waals surface area contributed by atoms with Crippen LogP contribution >= 0.6 is 24.0 Å². The molecule has 0 spiro atoms. The van der Waals surface area contributed by atoms with E-state index in [2.05, 4.69) is 15.6 Å². The zero-order valence-corrected chi connectivity index (χ0v) is 19.0. The van der Waals surface area contributed by atoms with E-state index in [-0.39, 0.29) is 43.7 Å². The van der Waals surface area contributed by atoms with Gasteiger partial charge in [0.25, 0.3) is 0 Å². The molecular weight excluding hydrogens is 510 g/mol. The Morgan fingerprint density at radius 3 is 2.30 bits per heavy atom. The Morgan fingerprint density at radius 1 is 1.03 bits per heavy atom. The standard InChI is InChI=1S/C21H26F3N3O2.HI/c1-2-25-20(26-12-16-8-10-18(11-9-16)21(22,23)24)27-13-19(28)15-29-14-17-6-4-3-5-7-17;/h3-11,19,28H,2,12-15H2,1H3,(H2,25,26,27);1H. The number of benzene rings is 2. The lowest BCUT2D eigenvalue weighted by molar-refractivity contribution is -0.137. The molecule has 0 amide bonds. The second-order valence-electron chi connectivity index (χ2n) is 6.43. The topological polar surface area (TPSA) is 65.9 Å². The van der Waals surface area contributed by atoms with E-state index in [9.17, 15) is 18.3 Å². The molecular formula is C21H27F3IN3O2. The van der Waals surface area contributed by atoms with Crippen molar-refractivity contribution in [2.24, 2.45) is 4.99 Å². The second-order valence-corrected chi connectivity index (χ2v) is 6.43. The number of aliphatic hydroxyl groups excluding tert-OH is 1. The third kappa shape index (κ3) is 9.77. The number of guanidine groups is 1. The Hall–Kier alpha value is -1.85. The molecule has 2 aromatic carbocycles. The summed E-state index contributed by atoms with van der Waals surface area (Å²) in [6.45, 7) is 3.54. The van der Waals surface area contributed by atoms with E-state index in [4.69, 9.17) is 4.74 Å². The van der Waals surface area contributed by atoms with Gasteiger partial charge in [0.2, 0.25) is 0 Å². The van der Waals surface area contributed by atoms with Crippen molar-refractivity contribution in [3.8, 4) is 0 Å². The fourth-order valence-electron chi connectivity index (χ4n) is 2.47. The molecule has 2 rings (SSSR count). The van der Waals surface area contributed by atoms with Gasteiger partial charge in [-0.05, 0) is 30.2 Å². The lowest BCUT2D eigenvalue weighted by Gasteiger charge is -2.15. The molecule has 1 unspecified atom stereocenters. The first-order valence-corrected chi connectivity index (χ1v) is 9.36. The van der Waals surface area contributed by atoms with Crippen LogP contribution in [0.5, 0.6) is 0 Å². The fourth-order valence-corrected chi connectivity index (χ4v) is 2.47. The summed E-state index contributed by atoms with van der Waals surface area (Å²) in [6.07, 6.45) is -5.08. The number of ether oxygens (including phenoxy) is 1. The predicted octanol–water partition coefficient (Wildman–Crippen LogP) is 3.96. The van der Waals surface area contributed by atoms with Crippen molar-refractivity contribution in [3.63, 3.8) is 0 Å². The van der Waals surface area contributed by atoms with Crippen LogP contribution in [0.3, 0.4) is 0 Å². The SMILES string of the molecule is CCNC(=NCc1ccc(C(F)(F)F)cc1)NCC(O)COCc1ccccc1.I. The molecule has 0 heterocycles. The maximum atomic E-state index is 12.6. The summed E-state index contributed by atoms with van der Waals surface area (Å²) in [5.74, 6) is 0.467. The number of hydrogen-bond acceptors (Lipinski definition) is 3. The van der Waals surface area contributed by atoms with Crippen molar-refractivity contribution in [3.05, 3.63) is 71.3 Å². The minimum atomic E-state index is -4.35. The number of aliphatic hydroxyl groups is 1. The third-order valence-corrected chi connectivity index (χ3v) is 3.97. The van der Waals surface area contributed by atoms with Gasteiger partial charge in [-0.2, -0.15) is 13.2 Å². The van der Waals surface area contributed by atoms with Crippen molar-refractivity contribution >= 4 is 29.9 Å². The second kappa shape index (κ2) is 13.5. The van der Waals surface area contributed by atoms with Crippen molar-refractivity contribution in [2.75, 3.05) is 19.7 Å². The first-order chi connectivity index (χ1) is 13.9. The van der Waals surface area contributed by atoms with Crippen molar-refractivity contribution in [1.29, 1.82) is 0 Å². The average molecular weight is 537 g/mol. The van der Waals surface area contributed by atoms with Crippen LogP contribution in [0.2, 0.25) is 0 Å². The number of halogens is 4. The lowest BCUT2D eigenvalue weighted by atomic mass is 10.1. The average Bonchev–Trinajstić information content (AvgIpc) is 2.70. The van der Waals surface area contributed by atoms with Crippen LogP contribution in [0.4, 0.5) is 13.2 Å². The highest BCUT2D eigenvalue weighted by atomic mass is 127. The predicted molar refractivity (Wildman–Crippen MR) is 122 cm³/mol. The molecule has 0 aliphatic rings. The Balaban J connectivity index is 0.00000450. The quantitative estimate of drug-likeness (QED) is 0.258. The molecule has 166 valence electrons. The molecule has 1 atom stereocenters. The first kappa shape index (κ1) is 26.2. The Kier molecular flexibility index (Phi) is 11.7. The van der Waals surface area contributed by atoms with Crippen LogP contribution in [0.1, 0.15) is 23.6 Å². The van der Waals surface area contributed by atoms with E-state index in [0.29, 0.717) is 24.7 Å². The molecule has 0 saturated heterocycles. The van der Waals surface area contributed by atoms with Gasteiger partial charge in [-0.1, -0.05) is 42.5 Å². The number of alkyl halides is 3. The molecule has 0 bridgehead atoms. The molecule has 0 fully saturated rings. The lowest BCUT2D eigenvalue weighted by Crippen LogP contribution is -2.42. The maximum absolute atomic E-state index is 12.6. The summed E-state index contributed by atoms with van der Waals surface area (Å²) >= 11 is 0. The molecule has 0 aliphatic heterocycles. The van der Waals surface area contributed by atoms with Gasteiger partial charge in [0.05, 0.1) is 31.4 Å². The van der Waals surface area contributed by atoms with Gasteiger partial charge in [-0.3, -0.25) is 0 Å². The highest BCUT2D eigenvalue weighted by Gasteiger charge is 2.29. The summed E-state index contributed by atoms with van der Waals surface area (Å²) in [5.41, 5.74) is 0.995. The van der Waals surface area contributed by atoms with Crippen LogP contribution in [-0.4, -0.2) is 36.9 Å². The number of aliphatic imine (C=N–C) groups is 1. The van der Waals surface area contributed by atoms with E-state index in [1.807, 2.05) is 37.3 Å². The minimum Gasteiger partial charge on any atom is -0.389 e. The number of nitrogens with zero attached hydrogens (tertiary/aromatic N) is 1.